The number of nitrogens with one attached hydrogen (secondary N) is 1. The molecule has 22 heavy (non-hydrogen) atoms. The molecule has 0 fully saturated rings. The predicted octanol–water partition coefficient (Wildman–Crippen LogP) is 2.96. The third-order valence-electron chi connectivity index (χ3n) is 2.99. The van der Waals surface area contributed by atoms with E-state index < -0.39 is 6.09 Å². The lowest BCUT2D eigenvalue weighted by atomic mass is 10.1. The van der Waals surface area contributed by atoms with Gasteiger partial charge < -0.3 is 14.6 Å². The molecular weight excluding hydrogens is 286 g/mol. The number of ether oxygens (including phenoxy) is 2. The molecule has 1 amide bonds. The molecule has 0 bridgehead atoms. The van der Waals surface area contributed by atoms with E-state index in [0.29, 0.717) is 23.3 Å². The third-order valence-corrected chi connectivity index (χ3v) is 2.99. The Labute approximate surface area is 127 Å². The van der Waals surface area contributed by atoms with Gasteiger partial charge in [0.15, 0.2) is 6.29 Å². The second kappa shape index (κ2) is 7.12. The highest BCUT2D eigenvalue weighted by atomic mass is 16.5. The first-order chi connectivity index (χ1) is 10.6. The van der Waals surface area contributed by atoms with Crippen molar-refractivity contribution < 1.29 is 24.2 Å². The molecule has 0 aromatic heterocycles. The van der Waals surface area contributed by atoms with Crippen molar-refractivity contribution in [3.05, 3.63) is 53.6 Å². The van der Waals surface area contributed by atoms with Crippen LogP contribution in [0, 0.1) is 0 Å². The van der Waals surface area contributed by atoms with Crippen molar-refractivity contribution in [1.82, 2.24) is 0 Å². The van der Waals surface area contributed by atoms with E-state index in [1.807, 2.05) is 0 Å². The summed E-state index contributed by atoms with van der Waals surface area (Å²) in [5, 5.41) is 12.1. The Bertz CT molecular complexity index is 667. The Morgan fingerprint density at radius 2 is 1.95 bits per heavy atom. The zero-order valence-corrected chi connectivity index (χ0v) is 11.9. The molecule has 2 aromatic carbocycles. The first-order valence-corrected chi connectivity index (χ1v) is 6.48. The summed E-state index contributed by atoms with van der Waals surface area (Å²) < 4.78 is 10.1. The Kier molecular flexibility index (Phi) is 4.98. The number of methoxy groups -OCH3 is 1. The second-order valence-corrected chi connectivity index (χ2v) is 4.40. The molecule has 0 aliphatic carbocycles. The number of aldehydes is 1. The van der Waals surface area contributed by atoms with Gasteiger partial charge >= 0.3 is 6.09 Å². The SMILES string of the molecule is COc1ccc(NC(=O)OCc2cccc(O)c2C=O)cc1. The van der Waals surface area contributed by atoms with Gasteiger partial charge in [-0.25, -0.2) is 4.79 Å². The molecule has 0 saturated carbocycles. The third kappa shape index (κ3) is 3.76. The number of carbonyl (C=O) groups is 2. The summed E-state index contributed by atoms with van der Waals surface area (Å²) in [5.74, 6) is 0.529. The van der Waals surface area contributed by atoms with Gasteiger partial charge in [-0.3, -0.25) is 10.1 Å². The number of phenolic OH excluding ortho intramolecular Hbond substituents is 1. The summed E-state index contributed by atoms with van der Waals surface area (Å²) in [6.07, 6.45) is -0.138. The summed E-state index contributed by atoms with van der Waals surface area (Å²) in [5.41, 5.74) is 1.09. The van der Waals surface area contributed by atoms with Gasteiger partial charge in [-0.05, 0) is 30.3 Å². The number of amides is 1. The van der Waals surface area contributed by atoms with Gasteiger partial charge in [0, 0.05) is 11.3 Å². The number of benzene rings is 2. The van der Waals surface area contributed by atoms with Crippen LogP contribution in [0.1, 0.15) is 15.9 Å². The average molecular weight is 301 g/mol. The Hall–Kier alpha value is -3.02. The standard InChI is InChI=1S/C16H15NO5/c1-21-13-7-5-12(6-8-13)17-16(20)22-10-11-3-2-4-15(19)14(11)9-18/h2-9,19H,10H2,1H3,(H,17,20). The van der Waals surface area contributed by atoms with Crippen LogP contribution >= 0.6 is 0 Å². The van der Waals surface area contributed by atoms with Gasteiger partial charge in [0.05, 0.1) is 12.7 Å². The summed E-state index contributed by atoms with van der Waals surface area (Å²) in [6.45, 7) is -0.121. The number of anilines is 1. The lowest BCUT2D eigenvalue weighted by molar-refractivity contribution is 0.111. The maximum atomic E-state index is 11.7. The van der Waals surface area contributed by atoms with Crippen molar-refractivity contribution in [3.63, 3.8) is 0 Å². The fourth-order valence-electron chi connectivity index (χ4n) is 1.83. The van der Waals surface area contributed by atoms with Crippen LogP contribution in [0.5, 0.6) is 11.5 Å². The predicted molar refractivity (Wildman–Crippen MR) is 80.3 cm³/mol. The molecule has 0 heterocycles. The summed E-state index contributed by atoms with van der Waals surface area (Å²) in [7, 11) is 1.55. The lowest BCUT2D eigenvalue weighted by Gasteiger charge is -2.09. The molecule has 0 unspecified atom stereocenters. The van der Waals surface area contributed by atoms with Crippen molar-refractivity contribution >= 4 is 18.1 Å². The fraction of sp³-hybridized carbons (Fsp3) is 0.125. The largest absolute Gasteiger partial charge is 0.507 e. The molecular formula is C16H15NO5. The molecule has 2 aromatic rings. The van der Waals surface area contributed by atoms with Gasteiger partial charge in [0.2, 0.25) is 0 Å². The van der Waals surface area contributed by atoms with E-state index in [2.05, 4.69) is 5.32 Å². The first kappa shape index (κ1) is 15.4. The second-order valence-electron chi connectivity index (χ2n) is 4.40. The Morgan fingerprint density at radius 1 is 1.23 bits per heavy atom. The lowest BCUT2D eigenvalue weighted by Crippen LogP contribution is -2.14. The van der Waals surface area contributed by atoms with E-state index in [0.717, 1.165) is 0 Å². The highest BCUT2D eigenvalue weighted by Crippen LogP contribution is 2.20. The van der Waals surface area contributed by atoms with Crippen molar-refractivity contribution in [2.45, 2.75) is 6.61 Å². The van der Waals surface area contributed by atoms with Crippen molar-refractivity contribution in [2.75, 3.05) is 12.4 Å². The number of phenols is 1. The number of aromatic hydroxyl groups is 1. The quantitative estimate of drug-likeness (QED) is 0.829. The van der Waals surface area contributed by atoms with Crippen LogP contribution in [0.3, 0.4) is 0 Å². The highest BCUT2D eigenvalue weighted by Gasteiger charge is 2.09. The minimum atomic E-state index is -0.662. The van der Waals surface area contributed by atoms with Crippen molar-refractivity contribution in [1.29, 1.82) is 0 Å². The highest BCUT2D eigenvalue weighted by molar-refractivity contribution is 5.85. The Morgan fingerprint density at radius 3 is 2.59 bits per heavy atom. The van der Waals surface area contributed by atoms with E-state index >= 15 is 0 Å². The molecule has 0 saturated heterocycles. The van der Waals surface area contributed by atoms with Gasteiger partial charge in [-0.15, -0.1) is 0 Å². The summed E-state index contributed by atoms with van der Waals surface area (Å²) in [4.78, 5) is 22.6. The molecule has 2 N–H and O–H groups in total. The number of hydrogen-bond acceptors (Lipinski definition) is 5. The van der Waals surface area contributed by atoms with Gasteiger partial charge in [0.25, 0.3) is 0 Å². The average Bonchev–Trinajstić information content (AvgIpc) is 2.53. The molecule has 0 spiro atoms. The molecule has 0 aliphatic heterocycles. The number of rotatable bonds is 5. The first-order valence-electron chi connectivity index (χ1n) is 6.48. The zero-order valence-electron chi connectivity index (χ0n) is 11.9. The number of hydrogen-bond donors (Lipinski definition) is 2. The van der Waals surface area contributed by atoms with Crippen LogP contribution in [0.2, 0.25) is 0 Å². The topological polar surface area (TPSA) is 84.9 Å². The van der Waals surface area contributed by atoms with E-state index in [1.165, 1.54) is 6.07 Å². The van der Waals surface area contributed by atoms with E-state index in [1.54, 1.807) is 43.5 Å². The van der Waals surface area contributed by atoms with Crippen LogP contribution in [0.4, 0.5) is 10.5 Å². The maximum absolute atomic E-state index is 11.7. The molecule has 0 aliphatic rings. The minimum absolute atomic E-state index is 0.111. The molecule has 6 heteroatoms. The molecule has 0 radical (unpaired) electrons. The molecule has 114 valence electrons. The zero-order chi connectivity index (χ0) is 15.9. The van der Waals surface area contributed by atoms with Crippen molar-refractivity contribution in [2.24, 2.45) is 0 Å². The van der Waals surface area contributed by atoms with Gasteiger partial charge in [-0.1, -0.05) is 12.1 Å². The van der Waals surface area contributed by atoms with E-state index in [9.17, 15) is 14.7 Å². The van der Waals surface area contributed by atoms with Gasteiger partial charge in [-0.2, -0.15) is 0 Å². The van der Waals surface area contributed by atoms with Crippen LogP contribution in [0.25, 0.3) is 0 Å². The van der Waals surface area contributed by atoms with Crippen LogP contribution in [0.15, 0.2) is 42.5 Å². The smallest absolute Gasteiger partial charge is 0.411 e. The van der Waals surface area contributed by atoms with Crippen LogP contribution in [-0.4, -0.2) is 24.6 Å². The normalized spacial score (nSPS) is 9.86. The summed E-state index contributed by atoms with van der Waals surface area (Å²) in [6, 6.07) is 11.3. The molecule has 0 atom stereocenters. The van der Waals surface area contributed by atoms with E-state index in [4.69, 9.17) is 9.47 Å². The molecule has 2 rings (SSSR count). The van der Waals surface area contributed by atoms with Crippen LogP contribution in [-0.2, 0) is 11.3 Å². The maximum Gasteiger partial charge on any atom is 0.411 e. The van der Waals surface area contributed by atoms with Crippen molar-refractivity contribution in [3.8, 4) is 11.5 Å². The Balaban J connectivity index is 1.95. The fourth-order valence-corrected chi connectivity index (χ4v) is 1.83. The minimum Gasteiger partial charge on any atom is -0.507 e. The monoisotopic (exact) mass is 301 g/mol. The molecule has 6 nitrogen and oxygen atoms in total. The van der Waals surface area contributed by atoms with Crippen LogP contribution < -0.4 is 10.1 Å². The van der Waals surface area contributed by atoms with Gasteiger partial charge in [0.1, 0.15) is 18.1 Å². The number of carbonyl (C=O) groups excluding carboxylic acids is 2. The van der Waals surface area contributed by atoms with E-state index in [-0.39, 0.29) is 17.9 Å². The summed E-state index contributed by atoms with van der Waals surface area (Å²) >= 11 is 0.